The third-order valence-corrected chi connectivity index (χ3v) is 4.67. The standard InChI is InChI=1S/C16H19N7O/c1-21-7-8-23(14(10-21)15-17-19-20-18-15)16(24)13-9-11-5-3-4-6-12(11)22(13)2/h3-6,9,14H,7-8,10H2,1-2H3,(H,17,18,19,20). The average Bonchev–Trinajstić information content (AvgIpc) is 3.23. The molecule has 1 atom stereocenters. The molecule has 0 saturated carbocycles. The maximum Gasteiger partial charge on any atom is 0.271 e. The number of rotatable bonds is 2. The van der Waals surface area contributed by atoms with Crippen LogP contribution in [-0.4, -0.2) is 67.6 Å². The van der Waals surface area contributed by atoms with Crippen molar-refractivity contribution < 1.29 is 4.79 Å². The molecule has 8 nitrogen and oxygen atoms in total. The molecule has 24 heavy (non-hydrogen) atoms. The van der Waals surface area contributed by atoms with Crippen molar-refractivity contribution in [1.82, 2.24) is 35.0 Å². The van der Waals surface area contributed by atoms with Gasteiger partial charge >= 0.3 is 0 Å². The van der Waals surface area contributed by atoms with E-state index in [0.717, 1.165) is 17.4 Å². The first-order chi connectivity index (χ1) is 11.6. The zero-order valence-corrected chi connectivity index (χ0v) is 13.7. The van der Waals surface area contributed by atoms with Gasteiger partial charge in [0, 0.05) is 37.6 Å². The normalized spacial score (nSPS) is 19.1. The van der Waals surface area contributed by atoms with Gasteiger partial charge in [-0.15, -0.1) is 10.2 Å². The lowest BCUT2D eigenvalue weighted by molar-refractivity contribution is 0.0472. The number of tetrazole rings is 1. The van der Waals surface area contributed by atoms with Crippen LogP contribution in [-0.2, 0) is 7.05 Å². The van der Waals surface area contributed by atoms with Crippen LogP contribution in [0.2, 0.25) is 0 Å². The summed E-state index contributed by atoms with van der Waals surface area (Å²) in [5, 5.41) is 15.4. The summed E-state index contributed by atoms with van der Waals surface area (Å²) in [7, 11) is 3.96. The largest absolute Gasteiger partial charge is 0.340 e. The number of amides is 1. The van der Waals surface area contributed by atoms with E-state index in [-0.39, 0.29) is 11.9 Å². The van der Waals surface area contributed by atoms with Crippen molar-refractivity contribution in [1.29, 1.82) is 0 Å². The minimum Gasteiger partial charge on any atom is -0.340 e. The molecule has 0 aliphatic carbocycles. The van der Waals surface area contributed by atoms with Crippen molar-refractivity contribution in [2.45, 2.75) is 6.04 Å². The van der Waals surface area contributed by atoms with Crippen LogP contribution >= 0.6 is 0 Å². The number of aromatic nitrogens is 5. The second kappa shape index (κ2) is 5.72. The number of benzene rings is 1. The molecule has 1 aromatic carbocycles. The Morgan fingerprint density at radius 3 is 2.83 bits per heavy atom. The molecule has 3 aromatic rings. The number of nitrogens with one attached hydrogen (secondary N) is 1. The topological polar surface area (TPSA) is 82.9 Å². The van der Waals surface area contributed by atoms with Crippen molar-refractivity contribution in [2.24, 2.45) is 7.05 Å². The molecule has 1 aliphatic rings. The van der Waals surface area contributed by atoms with Crippen LogP contribution in [0.5, 0.6) is 0 Å². The third kappa shape index (κ3) is 2.35. The lowest BCUT2D eigenvalue weighted by Crippen LogP contribution is -2.50. The number of carbonyl (C=O) groups excluding carboxylic acids is 1. The van der Waals surface area contributed by atoms with Gasteiger partial charge in [-0.2, -0.15) is 5.21 Å². The molecular formula is C16H19N7O. The fourth-order valence-electron chi connectivity index (χ4n) is 3.34. The van der Waals surface area contributed by atoms with Crippen LogP contribution in [0, 0.1) is 0 Å². The van der Waals surface area contributed by atoms with E-state index < -0.39 is 0 Å². The molecule has 0 radical (unpaired) electrons. The van der Waals surface area contributed by atoms with Gasteiger partial charge < -0.3 is 14.4 Å². The molecule has 1 N–H and O–H groups in total. The molecule has 1 aliphatic heterocycles. The Hall–Kier alpha value is -2.74. The van der Waals surface area contributed by atoms with Gasteiger partial charge in [0.05, 0.1) is 0 Å². The number of aryl methyl sites for hydroxylation is 1. The number of hydrogen-bond acceptors (Lipinski definition) is 5. The smallest absolute Gasteiger partial charge is 0.271 e. The Morgan fingerprint density at radius 1 is 1.25 bits per heavy atom. The molecule has 0 bridgehead atoms. The predicted octanol–water partition coefficient (Wildman–Crippen LogP) is 0.820. The van der Waals surface area contributed by atoms with Gasteiger partial charge in [0.1, 0.15) is 11.7 Å². The van der Waals surface area contributed by atoms with E-state index >= 15 is 0 Å². The Bertz CT molecular complexity index is 870. The molecule has 1 amide bonds. The molecule has 1 fully saturated rings. The van der Waals surface area contributed by atoms with Gasteiger partial charge in [0.2, 0.25) is 0 Å². The average molecular weight is 325 g/mol. The van der Waals surface area contributed by atoms with Gasteiger partial charge in [-0.3, -0.25) is 4.79 Å². The number of fused-ring (bicyclic) bond motifs is 1. The molecule has 2 aromatic heterocycles. The van der Waals surface area contributed by atoms with Crippen molar-refractivity contribution in [3.05, 3.63) is 41.9 Å². The van der Waals surface area contributed by atoms with Crippen LogP contribution in [0.25, 0.3) is 10.9 Å². The van der Waals surface area contributed by atoms with Crippen LogP contribution in [0.1, 0.15) is 22.4 Å². The molecule has 8 heteroatoms. The van der Waals surface area contributed by atoms with Crippen LogP contribution in [0.3, 0.4) is 0 Å². The number of likely N-dealkylation sites (N-methyl/N-ethyl adjacent to an activating group) is 1. The second-order valence-corrected chi connectivity index (χ2v) is 6.19. The Kier molecular flexibility index (Phi) is 3.53. The monoisotopic (exact) mass is 325 g/mol. The van der Waals surface area contributed by atoms with Gasteiger partial charge in [-0.05, 0) is 19.2 Å². The molecular weight excluding hydrogens is 306 g/mol. The second-order valence-electron chi connectivity index (χ2n) is 6.19. The SMILES string of the molecule is CN1CCN(C(=O)c2cc3ccccc3n2C)C(c2nn[nH]n2)C1. The zero-order chi connectivity index (χ0) is 16.7. The quantitative estimate of drug-likeness (QED) is 0.754. The van der Waals surface area contributed by atoms with Crippen LogP contribution in [0.15, 0.2) is 30.3 Å². The van der Waals surface area contributed by atoms with Gasteiger partial charge in [-0.25, -0.2) is 0 Å². The molecule has 124 valence electrons. The van der Waals surface area contributed by atoms with Crippen molar-refractivity contribution in [3.8, 4) is 0 Å². The maximum absolute atomic E-state index is 13.2. The lowest BCUT2D eigenvalue weighted by atomic mass is 10.1. The Morgan fingerprint density at radius 2 is 2.08 bits per heavy atom. The number of nitrogens with zero attached hydrogens (tertiary/aromatic N) is 6. The molecule has 1 unspecified atom stereocenters. The number of piperazine rings is 1. The summed E-state index contributed by atoms with van der Waals surface area (Å²) >= 11 is 0. The van der Waals surface area contributed by atoms with Gasteiger partial charge in [-0.1, -0.05) is 23.4 Å². The van der Waals surface area contributed by atoms with E-state index in [2.05, 4.69) is 25.5 Å². The number of hydrogen-bond donors (Lipinski definition) is 1. The van der Waals surface area contributed by atoms with Crippen LogP contribution in [0.4, 0.5) is 0 Å². The van der Waals surface area contributed by atoms with Gasteiger partial charge in [0.25, 0.3) is 5.91 Å². The highest BCUT2D eigenvalue weighted by Gasteiger charge is 2.34. The molecule has 3 heterocycles. The number of H-pyrrole nitrogens is 1. The maximum atomic E-state index is 13.2. The summed E-state index contributed by atoms with van der Waals surface area (Å²) in [5.74, 6) is 0.547. The summed E-state index contributed by atoms with van der Waals surface area (Å²) < 4.78 is 1.95. The summed E-state index contributed by atoms with van der Waals surface area (Å²) in [6, 6.07) is 9.75. The van der Waals surface area contributed by atoms with Crippen LogP contribution < -0.4 is 0 Å². The first-order valence-corrected chi connectivity index (χ1v) is 7.92. The number of para-hydroxylation sites is 1. The summed E-state index contributed by atoms with van der Waals surface area (Å²) in [6.07, 6.45) is 0. The summed E-state index contributed by atoms with van der Waals surface area (Å²) in [4.78, 5) is 17.2. The Balaban J connectivity index is 1.72. The van der Waals surface area contributed by atoms with E-state index in [1.165, 1.54) is 0 Å². The fourth-order valence-corrected chi connectivity index (χ4v) is 3.34. The van der Waals surface area contributed by atoms with Gasteiger partial charge in [0.15, 0.2) is 5.82 Å². The number of carbonyl (C=O) groups is 1. The van der Waals surface area contributed by atoms with Crippen molar-refractivity contribution in [3.63, 3.8) is 0 Å². The highest BCUT2D eigenvalue weighted by molar-refractivity contribution is 5.99. The first kappa shape index (κ1) is 14.8. The first-order valence-electron chi connectivity index (χ1n) is 7.92. The molecule has 4 rings (SSSR count). The van der Waals surface area contributed by atoms with E-state index in [9.17, 15) is 4.79 Å². The van der Waals surface area contributed by atoms with E-state index in [0.29, 0.717) is 24.6 Å². The van der Waals surface area contributed by atoms with Crippen molar-refractivity contribution >= 4 is 16.8 Å². The molecule has 0 spiro atoms. The summed E-state index contributed by atoms with van der Waals surface area (Å²) in [6.45, 7) is 2.15. The highest BCUT2D eigenvalue weighted by Crippen LogP contribution is 2.26. The minimum absolute atomic E-state index is 0.00315. The zero-order valence-electron chi connectivity index (χ0n) is 13.7. The van der Waals surface area contributed by atoms with E-state index in [1.807, 2.05) is 53.9 Å². The minimum atomic E-state index is -0.201. The number of aromatic amines is 1. The predicted molar refractivity (Wildman–Crippen MR) is 88.4 cm³/mol. The molecule has 1 saturated heterocycles. The fraction of sp³-hybridized carbons (Fsp3) is 0.375. The third-order valence-electron chi connectivity index (χ3n) is 4.67. The van der Waals surface area contributed by atoms with E-state index in [4.69, 9.17) is 0 Å². The van der Waals surface area contributed by atoms with Crippen molar-refractivity contribution in [2.75, 3.05) is 26.7 Å². The Labute approximate surface area is 139 Å². The highest BCUT2D eigenvalue weighted by atomic mass is 16.2. The summed E-state index contributed by atoms with van der Waals surface area (Å²) in [5.41, 5.74) is 1.72. The van der Waals surface area contributed by atoms with E-state index in [1.54, 1.807) is 0 Å². The lowest BCUT2D eigenvalue weighted by Gasteiger charge is -2.38.